The lowest BCUT2D eigenvalue weighted by Gasteiger charge is -2.21. The molecular formula is C17H18BrN3. The van der Waals surface area contributed by atoms with E-state index in [1.165, 1.54) is 0 Å². The maximum Gasteiger partial charge on any atom is 0.0991 e. The number of benzene rings is 2. The standard InChI is InChI=1S/C17H18BrN3/c1-12(20)16-7-6-15(9-17(16)18)21(2)11-14-5-3-4-13(8-14)10-19/h3-9,12H,11,20H2,1-2H3/t12-/m1/s1. The number of halogens is 1. The number of hydrogen-bond donors (Lipinski definition) is 1. The number of nitrogens with zero attached hydrogens (tertiary/aromatic N) is 2. The second kappa shape index (κ2) is 6.75. The van der Waals surface area contributed by atoms with Crippen LogP contribution in [-0.2, 0) is 6.54 Å². The molecule has 0 saturated carbocycles. The van der Waals surface area contributed by atoms with Gasteiger partial charge in [-0.25, -0.2) is 0 Å². The van der Waals surface area contributed by atoms with Crippen molar-refractivity contribution in [3.05, 3.63) is 63.6 Å². The summed E-state index contributed by atoms with van der Waals surface area (Å²) in [5.74, 6) is 0. The molecule has 0 aliphatic carbocycles. The van der Waals surface area contributed by atoms with Crippen LogP contribution in [0.3, 0.4) is 0 Å². The van der Waals surface area contributed by atoms with Crippen molar-refractivity contribution >= 4 is 21.6 Å². The van der Waals surface area contributed by atoms with Crippen molar-refractivity contribution in [2.45, 2.75) is 19.5 Å². The molecular weight excluding hydrogens is 326 g/mol. The van der Waals surface area contributed by atoms with Crippen LogP contribution < -0.4 is 10.6 Å². The van der Waals surface area contributed by atoms with E-state index in [2.05, 4.69) is 39.0 Å². The van der Waals surface area contributed by atoms with Gasteiger partial charge >= 0.3 is 0 Å². The van der Waals surface area contributed by atoms with E-state index >= 15 is 0 Å². The summed E-state index contributed by atoms with van der Waals surface area (Å²) in [5.41, 5.74) is 9.93. The Morgan fingerprint density at radius 3 is 2.67 bits per heavy atom. The van der Waals surface area contributed by atoms with Crippen molar-refractivity contribution < 1.29 is 0 Å². The normalized spacial score (nSPS) is 11.8. The second-order valence-corrected chi connectivity index (χ2v) is 6.02. The summed E-state index contributed by atoms with van der Waals surface area (Å²) in [4.78, 5) is 2.15. The molecule has 2 aromatic carbocycles. The lowest BCUT2D eigenvalue weighted by atomic mass is 10.1. The van der Waals surface area contributed by atoms with Crippen LogP contribution in [0.5, 0.6) is 0 Å². The number of nitrogens with two attached hydrogens (primary N) is 1. The molecule has 2 rings (SSSR count). The molecule has 0 aromatic heterocycles. The third-order valence-electron chi connectivity index (χ3n) is 3.39. The van der Waals surface area contributed by atoms with Crippen LogP contribution in [0.25, 0.3) is 0 Å². The smallest absolute Gasteiger partial charge is 0.0991 e. The van der Waals surface area contributed by atoms with E-state index < -0.39 is 0 Å². The van der Waals surface area contributed by atoms with E-state index in [0.717, 1.165) is 27.8 Å². The Hall–Kier alpha value is -1.83. The van der Waals surface area contributed by atoms with Crippen LogP contribution >= 0.6 is 15.9 Å². The van der Waals surface area contributed by atoms with Crippen LogP contribution in [0, 0.1) is 11.3 Å². The molecule has 0 amide bonds. The van der Waals surface area contributed by atoms with Crippen LogP contribution in [0.15, 0.2) is 46.9 Å². The minimum absolute atomic E-state index is 0.00559. The van der Waals surface area contributed by atoms with Gasteiger partial charge in [-0.1, -0.05) is 34.1 Å². The van der Waals surface area contributed by atoms with E-state index in [4.69, 9.17) is 11.0 Å². The summed E-state index contributed by atoms with van der Waals surface area (Å²) < 4.78 is 1.02. The summed E-state index contributed by atoms with van der Waals surface area (Å²) in [6.45, 7) is 2.72. The SMILES string of the molecule is C[C@@H](N)c1ccc(N(C)Cc2cccc(C#N)c2)cc1Br. The zero-order chi connectivity index (χ0) is 15.4. The highest BCUT2D eigenvalue weighted by atomic mass is 79.9. The minimum atomic E-state index is 0.00559. The largest absolute Gasteiger partial charge is 0.370 e. The molecule has 0 radical (unpaired) electrons. The molecule has 108 valence electrons. The van der Waals surface area contributed by atoms with E-state index in [1.807, 2.05) is 44.3 Å². The monoisotopic (exact) mass is 343 g/mol. The van der Waals surface area contributed by atoms with Gasteiger partial charge in [0.2, 0.25) is 0 Å². The Balaban J connectivity index is 2.18. The summed E-state index contributed by atoms with van der Waals surface area (Å²) in [6.07, 6.45) is 0. The van der Waals surface area contributed by atoms with Crippen molar-refractivity contribution in [1.29, 1.82) is 5.26 Å². The fourth-order valence-electron chi connectivity index (χ4n) is 2.23. The number of anilines is 1. The van der Waals surface area contributed by atoms with Crippen molar-refractivity contribution in [3.63, 3.8) is 0 Å². The predicted octanol–water partition coefficient (Wildman–Crippen LogP) is 3.98. The maximum absolute atomic E-state index is 8.95. The van der Waals surface area contributed by atoms with Gasteiger partial charge in [0.1, 0.15) is 0 Å². The van der Waals surface area contributed by atoms with Gasteiger partial charge in [0.05, 0.1) is 11.6 Å². The Morgan fingerprint density at radius 2 is 2.05 bits per heavy atom. The molecule has 1 atom stereocenters. The molecule has 0 bridgehead atoms. The molecule has 0 aliphatic heterocycles. The fraction of sp³-hybridized carbons (Fsp3) is 0.235. The topological polar surface area (TPSA) is 53.0 Å². The summed E-state index contributed by atoms with van der Waals surface area (Å²) in [7, 11) is 2.03. The third kappa shape index (κ3) is 3.84. The summed E-state index contributed by atoms with van der Waals surface area (Å²) in [5, 5.41) is 8.95. The molecule has 0 fully saturated rings. The van der Waals surface area contributed by atoms with Gasteiger partial charge in [0, 0.05) is 29.8 Å². The zero-order valence-corrected chi connectivity index (χ0v) is 13.8. The Kier molecular flexibility index (Phi) is 5.00. The lowest BCUT2D eigenvalue weighted by Crippen LogP contribution is -2.17. The quantitative estimate of drug-likeness (QED) is 0.913. The number of nitriles is 1. The van der Waals surface area contributed by atoms with Crippen LogP contribution in [0.4, 0.5) is 5.69 Å². The van der Waals surface area contributed by atoms with Gasteiger partial charge in [-0.2, -0.15) is 5.26 Å². The molecule has 2 N–H and O–H groups in total. The highest BCUT2D eigenvalue weighted by Crippen LogP contribution is 2.27. The summed E-state index contributed by atoms with van der Waals surface area (Å²) in [6, 6.07) is 16.0. The third-order valence-corrected chi connectivity index (χ3v) is 4.08. The maximum atomic E-state index is 8.95. The first-order chi connectivity index (χ1) is 10.0. The van der Waals surface area contributed by atoms with Gasteiger partial charge in [-0.15, -0.1) is 0 Å². The van der Waals surface area contributed by atoms with Crippen molar-refractivity contribution in [3.8, 4) is 6.07 Å². The van der Waals surface area contributed by atoms with Gasteiger partial charge in [0.15, 0.2) is 0 Å². The number of rotatable bonds is 4. The van der Waals surface area contributed by atoms with Crippen LogP contribution in [-0.4, -0.2) is 7.05 Å². The van der Waals surface area contributed by atoms with Gasteiger partial charge in [-0.05, 0) is 42.3 Å². The first-order valence-corrected chi connectivity index (χ1v) is 7.55. The number of hydrogen-bond acceptors (Lipinski definition) is 3. The highest BCUT2D eigenvalue weighted by Gasteiger charge is 2.08. The first-order valence-electron chi connectivity index (χ1n) is 6.76. The molecule has 0 spiro atoms. The Morgan fingerprint density at radius 1 is 1.29 bits per heavy atom. The predicted molar refractivity (Wildman–Crippen MR) is 90.0 cm³/mol. The van der Waals surface area contributed by atoms with Crippen LogP contribution in [0.1, 0.15) is 29.7 Å². The first kappa shape index (κ1) is 15.6. The van der Waals surface area contributed by atoms with Crippen LogP contribution in [0.2, 0.25) is 0 Å². The molecule has 0 saturated heterocycles. The highest BCUT2D eigenvalue weighted by molar-refractivity contribution is 9.10. The average Bonchev–Trinajstić information content (AvgIpc) is 2.46. The van der Waals surface area contributed by atoms with Crippen molar-refractivity contribution in [1.82, 2.24) is 0 Å². The van der Waals surface area contributed by atoms with Gasteiger partial charge < -0.3 is 10.6 Å². The van der Waals surface area contributed by atoms with Crippen molar-refractivity contribution in [2.75, 3.05) is 11.9 Å². The Labute approximate surface area is 134 Å². The molecule has 0 unspecified atom stereocenters. The van der Waals surface area contributed by atoms with E-state index in [9.17, 15) is 0 Å². The minimum Gasteiger partial charge on any atom is -0.370 e. The van der Waals surface area contributed by atoms with Gasteiger partial charge in [-0.3, -0.25) is 0 Å². The molecule has 0 heterocycles. The molecule has 2 aromatic rings. The molecule has 0 aliphatic rings. The molecule has 4 heteroatoms. The molecule has 3 nitrogen and oxygen atoms in total. The lowest BCUT2D eigenvalue weighted by molar-refractivity contribution is 0.812. The average molecular weight is 344 g/mol. The zero-order valence-electron chi connectivity index (χ0n) is 12.2. The van der Waals surface area contributed by atoms with E-state index in [-0.39, 0.29) is 6.04 Å². The van der Waals surface area contributed by atoms with Gasteiger partial charge in [0.25, 0.3) is 0 Å². The Bertz CT molecular complexity index is 674. The second-order valence-electron chi connectivity index (χ2n) is 5.16. The molecule has 21 heavy (non-hydrogen) atoms. The van der Waals surface area contributed by atoms with E-state index in [0.29, 0.717) is 5.56 Å². The fourth-order valence-corrected chi connectivity index (χ4v) is 2.95. The van der Waals surface area contributed by atoms with Crippen molar-refractivity contribution in [2.24, 2.45) is 5.73 Å². The van der Waals surface area contributed by atoms with E-state index in [1.54, 1.807) is 0 Å². The summed E-state index contributed by atoms with van der Waals surface area (Å²) >= 11 is 3.57.